The Hall–Kier alpha value is -1.51. The molecule has 1 aromatic rings. The maximum atomic E-state index is 11.4. The molecule has 1 atom stereocenters. The van der Waals surface area contributed by atoms with E-state index in [1.165, 1.54) is 0 Å². The Morgan fingerprint density at radius 2 is 1.94 bits per heavy atom. The van der Waals surface area contributed by atoms with Gasteiger partial charge in [0.15, 0.2) is 0 Å². The van der Waals surface area contributed by atoms with Crippen LogP contribution in [0.2, 0.25) is 0 Å². The standard InChI is InChI=1S/C14H11Cl2NO/c15-13-11(8-9-4-2-1-3-5-9)10(14(16)18)6-7-12(13)17/h1-8,10H,17H2. The summed E-state index contributed by atoms with van der Waals surface area (Å²) in [5.74, 6) is -0.549. The van der Waals surface area contributed by atoms with E-state index in [4.69, 9.17) is 28.9 Å². The van der Waals surface area contributed by atoms with Crippen molar-refractivity contribution in [2.45, 2.75) is 0 Å². The second-order valence-corrected chi connectivity index (χ2v) is 4.67. The van der Waals surface area contributed by atoms with Crippen molar-refractivity contribution in [1.82, 2.24) is 0 Å². The van der Waals surface area contributed by atoms with Crippen LogP contribution in [-0.4, -0.2) is 5.24 Å². The second kappa shape index (κ2) is 5.42. The Balaban J connectivity index is 2.48. The fourth-order valence-corrected chi connectivity index (χ4v) is 2.19. The van der Waals surface area contributed by atoms with E-state index in [1.54, 1.807) is 12.2 Å². The van der Waals surface area contributed by atoms with Crippen LogP contribution in [0.15, 0.2) is 58.8 Å². The minimum Gasteiger partial charge on any atom is -0.398 e. The molecule has 0 aromatic heterocycles. The molecule has 92 valence electrons. The monoisotopic (exact) mass is 279 g/mol. The van der Waals surface area contributed by atoms with Gasteiger partial charge in [0, 0.05) is 0 Å². The largest absolute Gasteiger partial charge is 0.398 e. The number of benzene rings is 1. The summed E-state index contributed by atoms with van der Waals surface area (Å²) in [6.45, 7) is 0. The molecule has 0 bridgehead atoms. The summed E-state index contributed by atoms with van der Waals surface area (Å²) >= 11 is 11.7. The number of allylic oxidation sites excluding steroid dienone is 4. The molecule has 0 saturated carbocycles. The molecule has 0 fully saturated rings. The van der Waals surface area contributed by atoms with Crippen LogP contribution in [0.3, 0.4) is 0 Å². The first-order valence-corrected chi connectivity index (χ1v) is 6.15. The van der Waals surface area contributed by atoms with E-state index in [1.807, 2.05) is 36.4 Å². The highest BCUT2D eigenvalue weighted by atomic mass is 35.5. The Kier molecular flexibility index (Phi) is 3.90. The van der Waals surface area contributed by atoms with E-state index in [0.717, 1.165) is 5.56 Å². The molecule has 1 aliphatic carbocycles. The van der Waals surface area contributed by atoms with E-state index in [2.05, 4.69) is 0 Å². The van der Waals surface area contributed by atoms with Crippen LogP contribution in [0.25, 0.3) is 6.08 Å². The predicted octanol–water partition coefficient (Wildman–Crippen LogP) is 3.43. The summed E-state index contributed by atoms with van der Waals surface area (Å²) in [6.07, 6.45) is 5.09. The Bertz CT molecular complexity index is 558. The van der Waals surface area contributed by atoms with Crippen LogP contribution < -0.4 is 5.73 Å². The van der Waals surface area contributed by atoms with E-state index >= 15 is 0 Å². The van der Waals surface area contributed by atoms with Gasteiger partial charge in [-0.15, -0.1) is 0 Å². The van der Waals surface area contributed by atoms with E-state index < -0.39 is 11.2 Å². The number of carbonyl (C=O) groups excluding carboxylic acids is 1. The van der Waals surface area contributed by atoms with Crippen molar-refractivity contribution in [2.75, 3.05) is 0 Å². The van der Waals surface area contributed by atoms with Gasteiger partial charge in [-0.05, 0) is 34.9 Å². The zero-order valence-electron chi connectivity index (χ0n) is 9.44. The average molecular weight is 280 g/mol. The summed E-state index contributed by atoms with van der Waals surface area (Å²) in [4.78, 5) is 11.4. The first-order valence-electron chi connectivity index (χ1n) is 5.39. The number of rotatable bonds is 2. The van der Waals surface area contributed by atoms with Gasteiger partial charge < -0.3 is 5.73 Å². The molecule has 0 heterocycles. The topological polar surface area (TPSA) is 43.1 Å². The van der Waals surface area contributed by atoms with Gasteiger partial charge in [-0.3, -0.25) is 4.79 Å². The van der Waals surface area contributed by atoms with E-state index in [-0.39, 0.29) is 0 Å². The van der Waals surface area contributed by atoms with Gasteiger partial charge in [-0.25, -0.2) is 0 Å². The number of nitrogens with two attached hydrogens (primary N) is 1. The molecule has 0 aliphatic heterocycles. The lowest BCUT2D eigenvalue weighted by Gasteiger charge is -2.18. The lowest BCUT2D eigenvalue weighted by atomic mass is 9.92. The van der Waals surface area contributed by atoms with Crippen LogP contribution in [0.1, 0.15) is 5.56 Å². The zero-order valence-corrected chi connectivity index (χ0v) is 10.9. The summed E-state index contributed by atoms with van der Waals surface area (Å²) < 4.78 is 0. The highest BCUT2D eigenvalue weighted by Crippen LogP contribution is 2.33. The van der Waals surface area contributed by atoms with Gasteiger partial charge in [0.2, 0.25) is 5.24 Å². The molecule has 2 nitrogen and oxygen atoms in total. The third-order valence-corrected chi connectivity index (χ3v) is 3.35. The molecule has 0 saturated heterocycles. The number of hydrogen-bond donors (Lipinski definition) is 1. The van der Waals surface area contributed by atoms with Gasteiger partial charge in [0.25, 0.3) is 0 Å². The molecule has 0 amide bonds. The fraction of sp³-hybridized carbons (Fsp3) is 0.0714. The van der Waals surface area contributed by atoms with Crippen molar-refractivity contribution < 1.29 is 4.79 Å². The first kappa shape index (κ1) is 12.9. The average Bonchev–Trinajstić information content (AvgIpc) is 2.36. The van der Waals surface area contributed by atoms with Crippen LogP contribution in [0, 0.1) is 5.92 Å². The minimum atomic E-state index is -0.549. The van der Waals surface area contributed by atoms with E-state index in [0.29, 0.717) is 16.3 Å². The fourth-order valence-electron chi connectivity index (χ4n) is 1.76. The first-order chi connectivity index (χ1) is 8.59. The third kappa shape index (κ3) is 2.66. The van der Waals surface area contributed by atoms with Crippen molar-refractivity contribution in [3.8, 4) is 0 Å². The number of hydrogen-bond acceptors (Lipinski definition) is 2. The van der Waals surface area contributed by atoms with Crippen molar-refractivity contribution in [1.29, 1.82) is 0 Å². The molecule has 18 heavy (non-hydrogen) atoms. The van der Waals surface area contributed by atoms with Crippen LogP contribution in [0.4, 0.5) is 0 Å². The Morgan fingerprint density at radius 1 is 1.28 bits per heavy atom. The highest BCUT2D eigenvalue weighted by molar-refractivity contribution is 6.64. The van der Waals surface area contributed by atoms with Crippen LogP contribution in [0.5, 0.6) is 0 Å². The Labute approximate surface area is 115 Å². The maximum Gasteiger partial charge on any atom is 0.232 e. The molecule has 2 rings (SSSR count). The SMILES string of the molecule is NC1=C(Cl)C(=Cc2ccccc2)C(C(=O)Cl)C=C1. The molecule has 1 aromatic carbocycles. The molecule has 0 radical (unpaired) electrons. The maximum absolute atomic E-state index is 11.4. The zero-order chi connectivity index (χ0) is 13.1. The van der Waals surface area contributed by atoms with E-state index in [9.17, 15) is 4.79 Å². The second-order valence-electron chi connectivity index (χ2n) is 3.92. The third-order valence-electron chi connectivity index (χ3n) is 2.68. The van der Waals surface area contributed by atoms with Gasteiger partial charge in [-0.2, -0.15) is 0 Å². The van der Waals surface area contributed by atoms with Crippen molar-refractivity contribution in [3.05, 3.63) is 64.3 Å². The van der Waals surface area contributed by atoms with Gasteiger partial charge in [-0.1, -0.05) is 48.0 Å². The minimum absolute atomic E-state index is 0.375. The van der Waals surface area contributed by atoms with Gasteiger partial charge in [0.05, 0.1) is 16.6 Å². The van der Waals surface area contributed by atoms with Crippen molar-refractivity contribution >= 4 is 34.5 Å². The van der Waals surface area contributed by atoms with Crippen LogP contribution in [-0.2, 0) is 4.79 Å². The molecular weight excluding hydrogens is 269 g/mol. The summed E-state index contributed by atoms with van der Waals surface area (Å²) in [7, 11) is 0. The van der Waals surface area contributed by atoms with Gasteiger partial charge in [0.1, 0.15) is 0 Å². The summed E-state index contributed by atoms with van der Waals surface area (Å²) in [6, 6.07) is 9.56. The predicted molar refractivity (Wildman–Crippen MR) is 75.0 cm³/mol. The smallest absolute Gasteiger partial charge is 0.232 e. The molecule has 4 heteroatoms. The van der Waals surface area contributed by atoms with Crippen molar-refractivity contribution in [2.24, 2.45) is 11.7 Å². The summed E-state index contributed by atoms with van der Waals surface area (Å²) in [5.41, 5.74) is 7.76. The Morgan fingerprint density at radius 3 is 2.56 bits per heavy atom. The molecule has 2 N–H and O–H groups in total. The van der Waals surface area contributed by atoms with Crippen molar-refractivity contribution in [3.63, 3.8) is 0 Å². The normalized spacial score (nSPS) is 21.4. The highest BCUT2D eigenvalue weighted by Gasteiger charge is 2.25. The number of halogens is 2. The quantitative estimate of drug-likeness (QED) is 0.843. The lowest BCUT2D eigenvalue weighted by Crippen LogP contribution is -2.15. The molecule has 0 spiro atoms. The molecule has 1 aliphatic rings. The molecule has 1 unspecified atom stereocenters. The number of carbonyl (C=O) groups is 1. The molecular formula is C14H11Cl2NO. The summed E-state index contributed by atoms with van der Waals surface area (Å²) in [5, 5.41) is -0.0977. The van der Waals surface area contributed by atoms with Gasteiger partial charge >= 0.3 is 0 Å². The lowest BCUT2D eigenvalue weighted by molar-refractivity contribution is -0.113. The van der Waals surface area contributed by atoms with Crippen LogP contribution >= 0.6 is 23.2 Å².